The summed E-state index contributed by atoms with van der Waals surface area (Å²) >= 11 is 0. The van der Waals surface area contributed by atoms with Crippen molar-refractivity contribution in [1.82, 2.24) is 19.5 Å². The number of ether oxygens (including phenoxy) is 1. The predicted molar refractivity (Wildman–Crippen MR) is 86.7 cm³/mol. The number of nitrogens with zero attached hydrogens (tertiary/aromatic N) is 5. The number of nitrogens with one attached hydrogen (secondary N) is 1. The standard InChI is InChI=1S/C16H22N6O/c1-5-11-9(2)10(3)16(23-11)22-8-19-13-14(18-4)20-12(6-7-17)21-15(13)22/h8-11,16H,5-6H2,1-4H3,(H,18,20,21)/t9-,10+,11+,16?/m0/s1. The van der Waals surface area contributed by atoms with Gasteiger partial charge in [-0.15, -0.1) is 0 Å². The Hall–Kier alpha value is -2.20. The minimum atomic E-state index is -0.0884. The zero-order valence-corrected chi connectivity index (χ0v) is 13.9. The van der Waals surface area contributed by atoms with E-state index >= 15 is 0 Å². The molecule has 23 heavy (non-hydrogen) atoms. The summed E-state index contributed by atoms with van der Waals surface area (Å²) in [5.41, 5.74) is 1.42. The second-order valence-corrected chi connectivity index (χ2v) is 6.09. The summed E-state index contributed by atoms with van der Waals surface area (Å²) in [4.78, 5) is 13.3. The molecule has 1 unspecified atom stereocenters. The van der Waals surface area contributed by atoms with Crippen LogP contribution in [0.15, 0.2) is 6.33 Å². The number of aromatic nitrogens is 4. The molecule has 0 spiro atoms. The van der Waals surface area contributed by atoms with Gasteiger partial charge < -0.3 is 10.1 Å². The van der Waals surface area contributed by atoms with E-state index in [9.17, 15) is 0 Å². The molecule has 0 amide bonds. The quantitative estimate of drug-likeness (QED) is 0.932. The third-order valence-corrected chi connectivity index (χ3v) is 4.80. The van der Waals surface area contributed by atoms with E-state index < -0.39 is 0 Å². The van der Waals surface area contributed by atoms with E-state index in [1.165, 1.54) is 0 Å². The van der Waals surface area contributed by atoms with Crippen LogP contribution in [0.3, 0.4) is 0 Å². The van der Waals surface area contributed by atoms with Crippen LogP contribution < -0.4 is 5.32 Å². The first-order valence-electron chi connectivity index (χ1n) is 8.04. The Balaban J connectivity index is 2.08. The van der Waals surface area contributed by atoms with Crippen LogP contribution in [0.5, 0.6) is 0 Å². The Bertz CT molecular complexity index is 749. The second kappa shape index (κ2) is 6.13. The van der Waals surface area contributed by atoms with Crippen molar-refractivity contribution >= 4 is 17.0 Å². The van der Waals surface area contributed by atoms with E-state index in [4.69, 9.17) is 10.00 Å². The minimum absolute atomic E-state index is 0.0884. The molecule has 0 aliphatic carbocycles. The van der Waals surface area contributed by atoms with Crippen LogP contribution in [0.2, 0.25) is 0 Å². The molecule has 122 valence electrons. The molecule has 0 saturated carbocycles. The van der Waals surface area contributed by atoms with Gasteiger partial charge in [0.25, 0.3) is 0 Å². The second-order valence-electron chi connectivity index (χ2n) is 6.09. The largest absolute Gasteiger partial charge is 0.371 e. The molecule has 0 radical (unpaired) electrons. The van der Waals surface area contributed by atoms with Crippen molar-refractivity contribution in [3.8, 4) is 6.07 Å². The fourth-order valence-corrected chi connectivity index (χ4v) is 3.28. The lowest BCUT2D eigenvalue weighted by Crippen LogP contribution is -2.16. The number of imidazole rings is 1. The molecule has 1 aliphatic rings. The van der Waals surface area contributed by atoms with E-state index in [1.807, 2.05) is 4.57 Å². The molecule has 1 N–H and O–H groups in total. The number of hydrogen-bond donors (Lipinski definition) is 1. The summed E-state index contributed by atoms with van der Waals surface area (Å²) in [6.45, 7) is 6.58. The van der Waals surface area contributed by atoms with Gasteiger partial charge in [-0.3, -0.25) is 4.57 Å². The number of anilines is 1. The van der Waals surface area contributed by atoms with Crippen molar-refractivity contribution in [2.24, 2.45) is 11.8 Å². The first-order chi connectivity index (χ1) is 11.1. The highest BCUT2D eigenvalue weighted by molar-refractivity contribution is 5.83. The molecule has 4 atom stereocenters. The Morgan fingerprint density at radius 1 is 1.35 bits per heavy atom. The van der Waals surface area contributed by atoms with Crippen LogP contribution >= 0.6 is 0 Å². The number of rotatable bonds is 4. The average molecular weight is 314 g/mol. The van der Waals surface area contributed by atoms with Crippen molar-refractivity contribution < 1.29 is 4.74 Å². The maximum atomic E-state index is 8.93. The molecule has 1 aliphatic heterocycles. The average Bonchev–Trinajstić information content (AvgIpc) is 3.09. The van der Waals surface area contributed by atoms with Crippen LogP contribution in [0.25, 0.3) is 11.2 Å². The van der Waals surface area contributed by atoms with Gasteiger partial charge in [0, 0.05) is 13.0 Å². The van der Waals surface area contributed by atoms with Gasteiger partial charge in [-0.1, -0.05) is 20.8 Å². The Morgan fingerprint density at radius 3 is 2.74 bits per heavy atom. The van der Waals surface area contributed by atoms with Crippen LogP contribution in [0, 0.1) is 23.2 Å². The lowest BCUT2D eigenvalue weighted by molar-refractivity contribution is -0.0120. The molecule has 7 nitrogen and oxygen atoms in total. The van der Waals surface area contributed by atoms with Crippen LogP contribution in [-0.4, -0.2) is 32.7 Å². The first kappa shape index (κ1) is 15.7. The van der Waals surface area contributed by atoms with E-state index in [2.05, 4.69) is 47.1 Å². The summed E-state index contributed by atoms with van der Waals surface area (Å²) in [5.74, 6) is 1.98. The number of nitriles is 1. The summed E-state index contributed by atoms with van der Waals surface area (Å²) in [7, 11) is 1.79. The molecule has 3 heterocycles. The first-order valence-corrected chi connectivity index (χ1v) is 8.04. The van der Waals surface area contributed by atoms with Gasteiger partial charge in [-0.05, 0) is 12.3 Å². The van der Waals surface area contributed by atoms with Crippen LogP contribution in [0.1, 0.15) is 39.2 Å². The summed E-state index contributed by atoms with van der Waals surface area (Å²) in [6, 6.07) is 2.10. The van der Waals surface area contributed by atoms with Gasteiger partial charge >= 0.3 is 0 Å². The van der Waals surface area contributed by atoms with Crippen molar-refractivity contribution in [3.05, 3.63) is 12.2 Å². The summed E-state index contributed by atoms with van der Waals surface area (Å²) in [6.07, 6.45) is 3.09. The third-order valence-electron chi connectivity index (χ3n) is 4.80. The molecule has 1 fully saturated rings. The highest BCUT2D eigenvalue weighted by Crippen LogP contribution is 2.41. The normalized spacial score (nSPS) is 27.3. The highest BCUT2D eigenvalue weighted by atomic mass is 16.5. The van der Waals surface area contributed by atoms with Crippen molar-refractivity contribution in [3.63, 3.8) is 0 Å². The maximum Gasteiger partial charge on any atom is 0.167 e. The maximum absolute atomic E-state index is 8.93. The molecule has 2 aromatic rings. The van der Waals surface area contributed by atoms with E-state index in [-0.39, 0.29) is 18.8 Å². The Morgan fingerprint density at radius 2 is 2.13 bits per heavy atom. The van der Waals surface area contributed by atoms with Crippen molar-refractivity contribution in [2.75, 3.05) is 12.4 Å². The molecule has 0 bridgehead atoms. The molecule has 0 aromatic carbocycles. The topological polar surface area (TPSA) is 88.6 Å². The Kier molecular flexibility index (Phi) is 4.18. The molecule has 1 saturated heterocycles. The monoisotopic (exact) mass is 314 g/mol. The van der Waals surface area contributed by atoms with Crippen LogP contribution in [-0.2, 0) is 11.2 Å². The third kappa shape index (κ3) is 2.53. The number of fused-ring (bicyclic) bond motifs is 1. The fraction of sp³-hybridized carbons (Fsp3) is 0.625. The van der Waals surface area contributed by atoms with Gasteiger partial charge in [0.2, 0.25) is 0 Å². The molecule has 7 heteroatoms. The number of hydrogen-bond acceptors (Lipinski definition) is 6. The highest BCUT2D eigenvalue weighted by Gasteiger charge is 2.39. The van der Waals surface area contributed by atoms with Gasteiger partial charge in [-0.25, -0.2) is 15.0 Å². The van der Waals surface area contributed by atoms with Gasteiger partial charge in [0.1, 0.15) is 12.1 Å². The van der Waals surface area contributed by atoms with Crippen molar-refractivity contribution in [2.45, 2.75) is 45.9 Å². The van der Waals surface area contributed by atoms with E-state index in [0.717, 1.165) is 12.1 Å². The van der Waals surface area contributed by atoms with Crippen LogP contribution in [0.4, 0.5) is 5.82 Å². The lowest BCUT2D eigenvalue weighted by atomic mass is 9.91. The van der Waals surface area contributed by atoms with Gasteiger partial charge in [0.05, 0.1) is 24.9 Å². The minimum Gasteiger partial charge on any atom is -0.371 e. The fourth-order valence-electron chi connectivity index (χ4n) is 3.28. The Labute approximate surface area is 135 Å². The summed E-state index contributed by atoms with van der Waals surface area (Å²) in [5, 5.41) is 12.0. The SMILES string of the molecule is CC[C@H]1OC(n2cnc3c(NC)nc(CC#N)nc32)[C@H](C)[C@@H]1C. The zero-order valence-electron chi connectivity index (χ0n) is 13.9. The lowest BCUT2D eigenvalue weighted by Gasteiger charge is -2.18. The summed E-state index contributed by atoms with van der Waals surface area (Å²) < 4.78 is 8.22. The molecule has 2 aromatic heterocycles. The molecular formula is C16H22N6O. The zero-order chi connectivity index (χ0) is 16.6. The predicted octanol–water partition coefficient (Wildman–Crippen LogP) is 2.51. The van der Waals surface area contributed by atoms with Gasteiger partial charge in [-0.2, -0.15) is 5.26 Å². The van der Waals surface area contributed by atoms with Gasteiger partial charge in [0.15, 0.2) is 17.0 Å². The van der Waals surface area contributed by atoms with E-state index in [0.29, 0.717) is 29.0 Å². The smallest absolute Gasteiger partial charge is 0.167 e. The molecular weight excluding hydrogens is 292 g/mol. The molecule has 3 rings (SSSR count). The van der Waals surface area contributed by atoms with Crippen molar-refractivity contribution in [1.29, 1.82) is 5.26 Å². The van der Waals surface area contributed by atoms with E-state index in [1.54, 1.807) is 13.4 Å².